The molecule has 0 aromatic carbocycles. The van der Waals surface area contributed by atoms with Gasteiger partial charge < -0.3 is 49.4 Å². The summed E-state index contributed by atoms with van der Waals surface area (Å²) in [6.45, 7) is 12.6. The zero-order valence-electron chi connectivity index (χ0n) is 33.9. The molecule has 14 heteroatoms. The maximum Gasteiger partial charge on any atom is 0.261 e. The Bertz CT molecular complexity index is 759. The predicted molar refractivity (Wildman–Crippen MR) is 204 cm³/mol. The molecule has 1 unspecified atom stereocenters. The summed E-state index contributed by atoms with van der Waals surface area (Å²) in [6, 6.07) is 0.801. The van der Waals surface area contributed by atoms with Crippen LogP contribution in [0.3, 0.4) is 0 Å². The van der Waals surface area contributed by atoms with Gasteiger partial charge in [-0.3, -0.25) is 0 Å². The van der Waals surface area contributed by atoms with Crippen LogP contribution in [0.25, 0.3) is 0 Å². The first-order chi connectivity index (χ1) is 23.8. The lowest BCUT2D eigenvalue weighted by atomic mass is 10.2. The standard InChI is InChI=1S/C7H16N2.C5H9F2N.2C5H10FN.2C5H11NO.C5H11N/c1-8(2)7-4-5-9(3)6-7;1-8-3-2-5(6,7)4-8;2*1-7-3-2-5(6)4-7;2*1-6-3-2-5(7)4-6;1-6-4-2-3-5-6/h7H,4-6H2,1-3H3;2-4H2,1H3;2*5H,2-4H2,1H3;2*5,7H,2-4H2,1H3;2-5H2,1H3/t;;4*5-;/m..1010./s1. The Morgan fingerprint density at radius 3 is 1.00 bits per heavy atom. The number of hydrogen-bond donors (Lipinski definition) is 2. The first kappa shape index (κ1) is 48.3. The number of aliphatic hydroxyl groups excluding tert-OH is 2. The maximum atomic E-state index is 12.2. The smallest absolute Gasteiger partial charge is 0.261 e. The molecule has 0 saturated carbocycles. The van der Waals surface area contributed by atoms with Crippen molar-refractivity contribution in [2.45, 2.75) is 87.9 Å². The molecule has 0 aromatic rings. The minimum atomic E-state index is -2.41. The maximum absolute atomic E-state index is 12.2. The summed E-state index contributed by atoms with van der Waals surface area (Å²) in [5, 5.41) is 17.7. The largest absolute Gasteiger partial charge is 0.392 e. The number of β-amino-alcohol motifs (C(OH)–C–C–N with tert-alkyl or cyclic N) is 2. The molecule has 7 aliphatic rings. The summed E-state index contributed by atoms with van der Waals surface area (Å²) < 4.78 is 48.6. The van der Waals surface area contributed by atoms with Crippen molar-refractivity contribution in [1.29, 1.82) is 0 Å². The third-order valence-corrected chi connectivity index (χ3v) is 10.2. The van der Waals surface area contributed by atoms with Crippen molar-refractivity contribution in [3.05, 3.63) is 0 Å². The molecule has 0 bridgehead atoms. The van der Waals surface area contributed by atoms with Crippen LogP contribution >= 0.6 is 0 Å². The molecule has 306 valence electrons. The molecule has 0 spiro atoms. The molecule has 7 aliphatic heterocycles. The van der Waals surface area contributed by atoms with Crippen LogP contribution in [0.5, 0.6) is 0 Å². The summed E-state index contributed by atoms with van der Waals surface area (Å²) in [5.74, 6) is -2.41. The Hall–Kier alpha value is -0.680. The van der Waals surface area contributed by atoms with Crippen molar-refractivity contribution < 1.29 is 27.8 Å². The second kappa shape index (κ2) is 26.2. The molecule has 0 radical (unpaired) electrons. The van der Waals surface area contributed by atoms with Gasteiger partial charge in [-0.05, 0) is 128 Å². The lowest BCUT2D eigenvalue weighted by Crippen LogP contribution is -2.30. The number of likely N-dealkylation sites (N-methyl/N-ethyl adjacent to an activating group) is 4. The lowest BCUT2D eigenvalue weighted by Gasteiger charge is -2.17. The van der Waals surface area contributed by atoms with Crippen LogP contribution in [-0.2, 0) is 0 Å². The number of halogens is 4. The molecule has 7 saturated heterocycles. The van der Waals surface area contributed by atoms with E-state index in [1.165, 1.54) is 45.4 Å². The van der Waals surface area contributed by atoms with Crippen molar-refractivity contribution in [3.8, 4) is 0 Å². The molecule has 0 aliphatic carbocycles. The van der Waals surface area contributed by atoms with E-state index in [-0.39, 0.29) is 25.2 Å². The normalized spacial score (nSPS) is 31.6. The number of rotatable bonds is 1. The molecule has 10 nitrogen and oxygen atoms in total. The first-order valence-corrected chi connectivity index (χ1v) is 19.3. The number of aliphatic hydroxyl groups is 2. The lowest BCUT2D eigenvalue weighted by molar-refractivity contribution is 0.0146. The van der Waals surface area contributed by atoms with E-state index in [4.69, 9.17) is 10.2 Å². The topological polar surface area (TPSA) is 66.4 Å². The van der Waals surface area contributed by atoms with Crippen LogP contribution in [0.4, 0.5) is 17.6 Å². The highest BCUT2D eigenvalue weighted by atomic mass is 19.3. The van der Waals surface area contributed by atoms with Gasteiger partial charge in [-0.1, -0.05) is 0 Å². The summed E-state index contributed by atoms with van der Waals surface area (Å²) in [4.78, 5) is 17.0. The molecule has 7 rings (SSSR count). The van der Waals surface area contributed by atoms with Crippen molar-refractivity contribution in [1.82, 2.24) is 39.2 Å². The van der Waals surface area contributed by atoms with E-state index >= 15 is 0 Å². The third-order valence-electron chi connectivity index (χ3n) is 10.2. The van der Waals surface area contributed by atoms with Crippen molar-refractivity contribution in [2.75, 3.05) is 155 Å². The molecule has 2 N–H and O–H groups in total. The highest BCUT2D eigenvalue weighted by Crippen LogP contribution is 2.25. The van der Waals surface area contributed by atoms with Gasteiger partial charge in [-0.2, -0.15) is 0 Å². The second-order valence-electron chi connectivity index (χ2n) is 16.2. The van der Waals surface area contributed by atoms with Crippen LogP contribution < -0.4 is 0 Å². The monoisotopic (exact) mass is 743 g/mol. The molecule has 51 heavy (non-hydrogen) atoms. The number of likely N-dealkylation sites (tertiary alicyclic amines) is 7. The molecule has 7 heterocycles. The van der Waals surface area contributed by atoms with Gasteiger partial charge in [0.1, 0.15) is 12.3 Å². The van der Waals surface area contributed by atoms with Gasteiger partial charge in [0.15, 0.2) is 0 Å². The first-order valence-electron chi connectivity index (χ1n) is 19.3. The molecule has 7 fully saturated rings. The predicted octanol–water partition coefficient (Wildman–Crippen LogP) is 2.61. The van der Waals surface area contributed by atoms with E-state index in [0.717, 1.165) is 71.0 Å². The van der Waals surface area contributed by atoms with E-state index in [1.54, 1.807) is 11.9 Å². The highest BCUT2D eigenvalue weighted by molar-refractivity contribution is 4.79. The number of alkyl halides is 4. The summed E-state index contributed by atoms with van der Waals surface area (Å²) >= 11 is 0. The summed E-state index contributed by atoms with van der Waals surface area (Å²) in [6.07, 6.45) is 6.37. The fourth-order valence-electron chi connectivity index (χ4n) is 6.70. The Kier molecular flexibility index (Phi) is 24.8. The van der Waals surface area contributed by atoms with Crippen LogP contribution in [0, 0.1) is 0 Å². The molecule has 5 atom stereocenters. The Labute approximate surface area is 309 Å². The Morgan fingerprint density at radius 2 is 0.882 bits per heavy atom. The van der Waals surface area contributed by atoms with Gasteiger partial charge in [-0.15, -0.1) is 0 Å². The number of hydrogen-bond acceptors (Lipinski definition) is 10. The van der Waals surface area contributed by atoms with Crippen molar-refractivity contribution >= 4 is 0 Å². The quantitative estimate of drug-likeness (QED) is 0.393. The van der Waals surface area contributed by atoms with E-state index in [9.17, 15) is 17.6 Å². The molecular formula is C37H78F4N8O2. The average Bonchev–Trinajstić information content (AvgIpc) is 3.91. The minimum Gasteiger partial charge on any atom is -0.392 e. The SMILES string of the molecule is CN1CCC(F)(F)C1.CN1CCC(N(C)C)C1.CN1CCCC1.CN1CC[C@@H](F)C1.CN1CC[C@@H](O)C1.CN1CC[C@H](F)C1.CN1CC[C@H](O)C1. The average molecular weight is 743 g/mol. The number of nitrogens with zero attached hydrogens (tertiary/aromatic N) is 8. The fraction of sp³-hybridized carbons (Fsp3) is 1.00. The van der Waals surface area contributed by atoms with Gasteiger partial charge in [-0.25, -0.2) is 17.6 Å². The van der Waals surface area contributed by atoms with Gasteiger partial charge in [0.25, 0.3) is 5.92 Å². The fourth-order valence-corrected chi connectivity index (χ4v) is 6.70. The zero-order valence-corrected chi connectivity index (χ0v) is 33.9. The summed E-state index contributed by atoms with van der Waals surface area (Å²) in [7, 11) is 18.3. The highest BCUT2D eigenvalue weighted by Gasteiger charge is 2.36. The van der Waals surface area contributed by atoms with E-state index in [2.05, 4.69) is 52.7 Å². The molecule has 0 aromatic heterocycles. The van der Waals surface area contributed by atoms with E-state index < -0.39 is 18.3 Å². The van der Waals surface area contributed by atoms with Gasteiger partial charge in [0, 0.05) is 77.9 Å². The Balaban J connectivity index is 0.000000298. The molecular weight excluding hydrogens is 664 g/mol. The minimum absolute atomic E-state index is 0.0312. The van der Waals surface area contributed by atoms with E-state index in [1.807, 2.05) is 38.0 Å². The van der Waals surface area contributed by atoms with E-state index in [0.29, 0.717) is 19.6 Å². The van der Waals surface area contributed by atoms with Gasteiger partial charge in [0.2, 0.25) is 0 Å². The van der Waals surface area contributed by atoms with Crippen LogP contribution in [0.15, 0.2) is 0 Å². The van der Waals surface area contributed by atoms with Crippen LogP contribution in [-0.4, -0.2) is 241 Å². The second-order valence-corrected chi connectivity index (χ2v) is 16.2. The third kappa shape index (κ3) is 25.1. The van der Waals surface area contributed by atoms with Crippen LogP contribution in [0.2, 0.25) is 0 Å². The van der Waals surface area contributed by atoms with Crippen LogP contribution in [0.1, 0.15) is 51.4 Å². The van der Waals surface area contributed by atoms with Gasteiger partial charge in [0.05, 0.1) is 18.8 Å². The zero-order chi connectivity index (χ0) is 38.6. The van der Waals surface area contributed by atoms with Crippen molar-refractivity contribution in [2.24, 2.45) is 0 Å². The summed E-state index contributed by atoms with van der Waals surface area (Å²) in [5.41, 5.74) is 0. The van der Waals surface area contributed by atoms with Gasteiger partial charge >= 0.3 is 0 Å². The Morgan fingerprint density at radius 1 is 0.490 bits per heavy atom. The van der Waals surface area contributed by atoms with Crippen molar-refractivity contribution in [3.63, 3.8) is 0 Å². The molecule has 0 amide bonds.